The number of alkyl halides is 2. The van der Waals surface area contributed by atoms with Crippen LogP contribution >= 0.6 is 23.2 Å². The van der Waals surface area contributed by atoms with Crippen molar-refractivity contribution in [2.45, 2.75) is 24.1 Å². The van der Waals surface area contributed by atoms with Crippen LogP contribution in [0.3, 0.4) is 0 Å². The summed E-state index contributed by atoms with van der Waals surface area (Å²) in [4.78, 5) is 10.1. The van der Waals surface area contributed by atoms with Crippen molar-refractivity contribution in [3.63, 3.8) is 0 Å². The predicted molar refractivity (Wildman–Crippen MR) is 41.4 cm³/mol. The third-order valence-electron chi connectivity index (χ3n) is 1.03. The van der Waals surface area contributed by atoms with E-state index in [0.29, 0.717) is 19.3 Å². The maximum Gasteiger partial charge on any atom is 0.305 e. The van der Waals surface area contributed by atoms with E-state index in [4.69, 9.17) is 23.2 Å². The molecule has 0 rings (SSSR count). The van der Waals surface area contributed by atoms with Crippen LogP contribution in [-0.4, -0.2) is 17.9 Å². The fourth-order valence-electron chi connectivity index (χ4n) is 0.503. The number of esters is 1. The highest BCUT2D eigenvalue weighted by molar-refractivity contribution is 6.44. The Balaban J connectivity index is 3.12. The highest BCUT2D eigenvalue weighted by Gasteiger charge is 2.02. The lowest BCUT2D eigenvalue weighted by molar-refractivity contribution is -0.140. The van der Waals surface area contributed by atoms with E-state index in [-0.39, 0.29) is 10.8 Å². The zero-order chi connectivity index (χ0) is 7.98. The lowest BCUT2D eigenvalue weighted by Crippen LogP contribution is -2.00. The molecule has 0 unspecified atom stereocenters. The molecule has 0 heterocycles. The van der Waals surface area contributed by atoms with Crippen LogP contribution in [0.1, 0.15) is 19.3 Å². The minimum atomic E-state index is -0.371. The van der Waals surface area contributed by atoms with Crippen molar-refractivity contribution >= 4 is 29.2 Å². The maximum atomic E-state index is 10.5. The predicted octanol–water partition coefficient (Wildman–Crippen LogP) is 2.13. The van der Waals surface area contributed by atoms with E-state index in [1.165, 1.54) is 7.11 Å². The molecule has 0 aromatic rings. The smallest absolute Gasteiger partial charge is 0.305 e. The van der Waals surface area contributed by atoms with E-state index in [2.05, 4.69) is 4.74 Å². The van der Waals surface area contributed by atoms with Crippen molar-refractivity contribution in [2.24, 2.45) is 0 Å². The zero-order valence-corrected chi connectivity index (χ0v) is 7.28. The first kappa shape index (κ1) is 10.0. The lowest BCUT2D eigenvalue weighted by Gasteiger charge is -1.98. The Hall–Kier alpha value is 0.0500. The summed E-state index contributed by atoms with van der Waals surface area (Å²) in [5.41, 5.74) is 0. The Kier molecular flexibility index (Phi) is 5.84. The van der Waals surface area contributed by atoms with E-state index in [9.17, 15) is 4.79 Å². The summed E-state index contributed by atoms with van der Waals surface area (Å²) in [6.07, 6.45) is 1.72. The van der Waals surface area contributed by atoms with Crippen molar-refractivity contribution in [1.82, 2.24) is 0 Å². The Labute approximate surface area is 70.4 Å². The van der Waals surface area contributed by atoms with E-state index in [1.807, 2.05) is 0 Å². The van der Waals surface area contributed by atoms with Crippen LogP contribution in [0.2, 0.25) is 0 Å². The molecule has 0 saturated heterocycles. The number of halogens is 2. The number of carbonyl (C=O) groups is 1. The van der Waals surface area contributed by atoms with Gasteiger partial charge < -0.3 is 4.74 Å². The van der Waals surface area contributed by atoms with E-state index in [1.54, 1.807) is 0 Å². The molecule has 0 aromatic heterocycles. The maximum absolute atomic E-state index is 10.5. The molecule has 0 amide bonds. The van der Waals surface area contributed by atoms with Crippen molar-refractivity contribution < 1.29 is 9.53 Å². The van der Waals surface area contributed by atoms with Crippen LogP contribution in [0.15, 0.2) is 0 Å². The van der Waals surface area contributed by atoms with Gasteiger partial charge in [-0.2, -0.15) is 0 Å². The first-order valence-corrected chi connectivity index (χ1v) is 3.89. The quantitative estimate of drug-likeness (QED) is 0.495. The summed E-state index contributed by atoms with van der Waals surface area (Å²) in [5.74, 6) is -0.214. The zero-order valence-electron chi connectivity index (χ0n) is 5.77. The highest BCUT2D eigenvalue weighted by atomic mass is 35.5. The summed E-state index contributed by atoms with van der Waals surface area (Å²) in [7, 11) is 1.36. The van der Waals surface area contributed by atoms with Gasteiger partial charge in [0.15, 0.2) is 0 Å². The molecule has 0 aromatic carbocycles. The van der Waals surface area contributed by atoms with Gasteiger partial charge in [-0.15, -0.1) is 23.2 Å². The first-order chi connectivity index (χ1) is 4.66. The number of methoxy groups -OCH3 is 1. The minimum Gasteiger partial charge on any atom is -0.469 e. The number of hydrogen-bond acceptors (Lipinski definition) is 2. The fraction of sp³-hybridized carbons (Fsp3) is 0.833. The normalized spacial score (nSPS) is 10.0. The molecule has 0 radical (unpaired) electrons. The Morgan fingerprint density at radius 3 is 2.60 bits per heavy atom. The minimum absolute atomic E-state index is 0.214. The molecular formula is C6H10Cl2O2. The second-order valence-electron chi connectivity index (χ2n) is 1.86. The molecule has 4 heteroatoms. The van der Waals surface area contributed by atoms with Gasteiger partial charge in [0, 0.05) is 6.42 Å². The van der Waals surface area contributed by atoms with Crippen LogP contribution in [0.4, 0.5) is 0 Å². The van der Waals surface area contributed by atoms with Gasteiger partial charge in [0.2, 0.25) is 0 Å². The molecule has 0 atom stereocenters. The highest BCUT2D eigenvalue weighted by Crippen LogP contribution is 2.11. The van der Waals surface area contributed by atoms with E-state index < -0.39 is 0 Å². The lowest BCUT2D eigenvalue weighted by atomic mass is 10.2. The number of hydrogen-bond donors (Lipinski definition) is 0. The largest absolute Gasteiger partial charge is 0.469 e. The second-order valence-corrected chi connectivity index (χ2v) is 3.14. The number of ether oxygens (including phenoxy) is 1. The van der Waals surface area contributed by atoms with E-state index >= 15 is 0 Å². The standard InChI is InChI=1S/C6H10Cl2O2/c1-10-6(9)4-2-3-5(7)8/h5H,2-4H2,1H3. The molecule has 0 aliphatic carbocycles. The summed E-state index contributed by atoms with van der Waals surface area (Å²) < 4.78 is 4.41. The van der Waals surface area contributed by atoms with Crippen molar-refractivity contribution in [3.8, 4) is 0 Å². The molecule has 0 aliphatic rings. The van der Waals surface area contributed by atoms with Gasteiger partial charge in [-0.3, -0.25) is 4.79 Å². The summed E-state index contributed by atoms with van der Waals surface area (Å²) in [6.45, 7) is 0. The van der Waals surface area contributed by atoms with Crippen molar-refractivity contribution in [3.05, 3.63) is 0 Å². The van der Waals surface area contributed by atoms with Gasteiger partial charge in [0.1, 0.15) is 4.84 Å². The van der Waals surface area contributed by atoms with Crippen LogP contribution < -0.4 is 0 Å². The van der Waals surface area contributed by atoms with Gasteiger partial charge >= 0.3 is 5.97 Å². The first-order valence-electron chi connectivity index (χ1n) is 3.01. The van der Waals surface area contributed by atoms with E-state index in [0.717, 1.165) is 0 Å². The molecule has 10 heavy (non-hydrogen) atoms. The molecule has 0 saturated carbocycles. The summed E-state index contributed by atoms with van der Waals surface area (Å²) >= 11 is 10.8. The SMILES string of the molecule is COC(=O)CCCC(Cl)Cl. The molecule has 60 valence electrons. The number of rotatable bonds is 4. The molecule has 0 fully saturated rings. The van der Waals surface area contributed by atoms with Crippen LogP contribution in [0, 0.1) is 0 Å². The fourth-order valence-corrected chi connectivity index (χ4v) is 0.811. The molecule has 2 nitrogen and oxygen atoms in total. The van der Waals surface area contributed by atoms with Gasteiger partial charge in [-0.05, 0) is 12.8 Å². The van der Waals surface area contributed by atoms with Crippen LogP contribution in [0.25, 0.3) is 0 Å². The summed E-state index contributed by atoms with van der Waals surface area (Å²) in [5, 5.41) is 0. The van der Waals surface area contributed by atoms with Crippen LogP contribution in [-0.2, 0) is 9.53 Å². The van der Waals surface area contributed by atoms with Crippen molar-refractivity contribution in [1.29, 1.82) is 0 Å². The Bertz CT molecular complexity index is 104. The van der Waals surface area contributed by atoms with Crippen molar-refractivity contribution in [2.75, 3.05) is 7.11 Å². The molecule has 0 N–H and O–H groups in total. The molecular weight excluding hydrogens is 175 g/mol. The summed E-state index contributed by atoms with van der Waals surface area (Å²) in [6, 6.07) is 0. The molecule has 0 aliphatic heterocycles. The monoisotopic (exact) mass is 184 g/mol. The number of carbonyl (C=O) groups excluding carboxylic acids is 1. The third kappa shape index (κ3) is 6.17. The van der Waals surface area contributed by atoms with Gasteiger partial charge in [0.25, 0.3) is 0 Å². The average Bonchev–Trinajstić information content (AvgIpc) is 1.87. The topological polar surface area (TPSA) is 26.3 Å². The average molecular weight is 185 g/mol. The van der Waals surface area contributed by atoms with Crippen LogP contribution in [0.5, 0.6) is 0 Å². The van der Waals surface area contributed by atoms with Gasteiger partial charge in [-0.25, -0.2) is 0 Å². The Morgan fingerprint density at radius 2 is 2.20 bits per heavy atom. The molecule has 0 spiro atoms. The van der Waals surface area contributed by atoms with Gasteiger partial charge in [0.05, 0.1) is 7.11 Å². The second kappa shape index (κ2) is 5.81. The Morgan fingerprint density at radius 1 is 1.60 bits per heavy atom. The third-order valence-corrected chi connectivity index (χ3v) is 1.47. The molecule has 0 bridgehead atoms. The van der Waals surface area contributed by atoms with Gasteiger partial charge in [-0.1, -0.05) is 0 Å².